The molecule has 1 saturated carbocycles. The zero-order chi connectivity index (χ0) is 35.3. The van der Waals surface area contributed by atoms with Crippen molar-refractivity contribution in [2.24, 2.45) is 17.8 Å². The van der Waals surface area contributed by atoms with Crippen LogP contribution in [0.25, 0.3) is 0 Å². The molecule has 3 N–H and O–H groups in total. The molecule has 10 nitrogen and oxygen atoms in total. The van der Waals surface area contributed by atoms with Crippen LogP contribution < -0.4 is 14.4 Å². The van der Waals surface area contributed by atoms with Gasteiger partial charge in [0.2, 0.25) is 10.0 Å². The molecule has 2 aromatic rings. The van der Waals surface area contributed by atoms with Crippen LogP contribution in [0.3, 0.4) is 0 Å². The summed E-state index contributed by atoms with van der Waals surface area (Å²) >= 11 is 6.45. The standard InChI is InChI=1S/C38H50ClN3O7S/c1-25-5-3-14-38(45,23-41-15-16-48-21-31(41)20-43)33-10-7-29(33)19-42-22-37(13-4-6-27-17-30(39)9-11-32(27)37)24-49-35-12-8-28(18-34(35)42)36(44)40-50(46,47)26(25)2/h3,8-9,11-12,14,17-18,25-26,29,31,33,43,45H,4-7,10,13,15-16,19-24H2,1-2H3,(H,40,44)/b14-3-/t25-,26+,29-,31+,33+,37-,38+/m0/s1. The molecule has 1 amide bonds. The lowest BCUT2D eigenvalue weighted by Crippen LogP contribution is -2.59. The molecule has 7 rings (SSSR count). The van der Waals surface area contributed by atoms with Crippen LogP contribution in [-0.2, 0) is 26.6 Å². The topological polar surface area (TPSA) is 129 Å². The highest BCUT2D eigenvalue weighted by atomic mass is 35.5. The van der Waals surface area contributed by atoms with E-state index in [9.17, 15) is 23.4 Å². The highest BCUT2D eigenvalue weighted by Gasteiger charge is 2.49. The van der Waals surface area contributed by atoms with Gasteiger partial charge in [0.15, 0.2) is 0 Å². The summed E-state index contributed by atoms with van der Waals surface area (Å²) in [5.74, 6) is -0.268. The van der Waals surface area contributed by atoms with E-state index in [0.717, 1.165) is 37.8 Å². The van der Waals surface area contributed by atoms with Crippen molar-refractivity contribution in [2.45, 2.75) is 74.7 Å². The van der Waals surface area contributed by atoms with Crippen molar-refractivity contribution < 1.29 is 32.9 Å². The maximum Gasteiger partial charge on any atom is 0.264 e. The highest BCUT2D eigenvalue weighted by molar-refractivity contribution is 7.90. The number of morpholine rings is 1. The lowest BCUT2D eigenvalue weighted by atomic mass is 9.63. The Labute approximate surface area is 300 Å². The average molecular weight is 728 g/mol. The van der Waals surface area contributed by atoms with E-state index in [1.807, 2.05) is 25.1 Å². The maximum absolute atomic E-state index is 13.6. The van der Waals surface area contributed by atoms with Gasteiger partial charge in [-0.05, 0) is 105 Å². The number of allylic oxidation sites excluding steroid dienone is 1. The summed E-state index contributed by atoms with van der Waals surface area (Å²) in [6.45, 7) is 7.02. The summed E-state index contributed by atoms with van der Waals surface area (Å²) in [5.41, 5.74) is 1.93. The van der Waals surface area contributed by atoms with Crippen LogP contribution in [0, 0.1) is 17.8 Å². The number of amides is 1. The summed E-state index contributed by atoms with van der Waals surface area (Å²) in [4.78, 5) is 18.0. The number of hydrogen-bond acceptors (Lipinski definition) is 9. The molecule has 50 heavy (non-hydrogen) atoms. The second kappa shape index (κ2) is 14.0. The third-order valence-corrected chi connectivity index (χ3v) is 14.4. The Kier molecular flexibility index (Phi) is 10.0. The molecule has 12 heteroatoms. The second-order valence-corrected chi connectivity index (χ2v) is 17.9. The fraction of sp³-hybridized carbons (Fsp3) is 0.605. The van der Waals surface area contributed by atoms with Crippen LogP contribution >= 0.6 is 11.6 Å². The zero-order valence-electron chi connectivity index (χ0n) is 29.0. The van der Waals surface area contributed by atoms with Crippen molar-refractivity contribution in [1.29, 1.82) is 0 Å². The van der Waals surface area contributed by atoms with E-state index < -0.39 is 26.8 Å². The molecule has 0 radical (unpaired) electrons. The van der Waals surface area contributed by atoms with Crippen LogP contribution in [0.2, 0.25) is 5.02 Å². The van der Waals surface area contributed by atoms with Gasteiger partial charge >= 0.3 is 0 Å². The van der Waals surface area contributed by atoms with Crippen molar-refractivity contribution in [1.82, 2.24) is 9.62 Å². The normalized spacial score (nSPS) is 35.1. The molecule has 0 unspecified atom stereocenters. The SMILES string of the molecule is C[C@@H]1[C@@H](C)C/C=C\[C@@](O)(CN2CCOC[C@H]2CO)[C@@H]2CC[C@H]2CN2C[C@@]3(CCCc4cc(Cl)ccc43)COc3ccc(cc32)C(=O)NS1(=O)=O. The predicted molar refractivity (Wildman–Crippen MR) is 193 cm³/mol. The number of aryl methyl sites for hydroxylation is 1. The molecule has 272 valence electrons. The molecule has 2 bridgehead atoms. The Bertz CT molecular complexity index is 1740. The number of hydrogen-bond donors (Lipinski definition) is 3. The highest BCUT2D eigenvalue weighted by Crippen LogP contribution is 2.48. The lowest BCUT2D eigenvalue weighted by Gasteiger charge is -2.51. The summed E-state index contributed by atoms with van der Waals surface area (Å²) in [7, 11) is -4.01. The number of aliphatic hydroxyl groups is 2. The zero-order valence-corrected chi connectivity index (χ0v) is 30.6. The van der Waals surface area contributed by atoms with Gasteiger partial charge < -0.3 is 24.6 Å². The molecular formula is C38H50ClN3O7S. The number of rotatable bonds is 3. The fourth-order valence-corrected chi connectivity index (χ4v) is 10.4. The first-order chi connectivity index (χ1) is 23.9. The number of anilines is 1. The average Bonchev–Trinajstić information content (AvgIpc) is 3.22. The second-order valence-electron chi connectivity index (χ2n) is 15.4. The van der Waals surface area contributed by atoms with Gasteiger partial charge in [-0.25, -0.2) is 13.1 Å². The number of nitrogens with one attached hydrogen (secondary N) is 1. The number of ether oxygens (including phenoxy) is 2. The van der Waals surface area contributed by atoms with Crippen molar-refractivity contribution in [3.05, 3.63) is 70.3 Å². The molecule has 5 aliphatic rings. The Morgan fingerprint density at radius 2 is 1.98 bits per heavy atom. The first-order valence-electron chi connectivity index (χ1n) is 18.1. The van der Waals surface area contributed by atoms with Crippen LogP contribution in [0.15, 0.2) is 48.6 Å². The Morgan fingerprint density at radius 1 is 1.14 bits per heavy atom. The Hall–Kier alpha value is -2.67. The van der Waals surface area contributed by atoms with Crippen LogP contribution in [0.4, 0.5) is 5.69 Å². The van der Waals surface area contributed by atoms with Crippen molar-refractivity contribution >= 4 is 33.2 Å². The molecule has 3 heterocycles. The number of carbonyl (C=O) groups excluding carboxylic acids is 1. The molecule has 1 spiro atoms. The monoisotopic (exact) mass is 727 g/mol. The smallest absolute Gasteiger partial charge is 0.264 e. The van der Waals surface area contributed by atoms with Crippen molar-refractivity contribution in [2.75, 3.05) is 57.5 Å². The number of fused-ring (bicyclic) bond motifs is 4. The predicted octanol–water partition coefficient (Wildman–Crippen LogP) is 4.31. The Balaban J connectivity index is 1.30. The lowest BCUT2D eigenvalue weighted by molar-refractivity contribution is -0.0995. The molecule has 2 fully saturated rings. The van der Waals surface area contributed by atoms with Crippen molar-refractivity contribution in [3.8, 4) is 5.75 Å². The molecule has 3 aliphatic heterocycles. The van der Waals surface area contributed by atoms with Gasteiger partial charge in [0, 0.05) is 42.2 Å². The number of β-amino-alcohol motifs (C(OH)–C–C–N with tert-alkyl or cyclic N) is 1. The maximum atomic E-state index is 13.6. The quantitative estimate of drug-likeness (QED) is 0.397. The molecule has 0 aromatic heterocycles. The fourth-order valence-electron chi connectivity index (χ4n) is 8.93. The number of aliphatic hydroxyl groups excluding tert-OH is 1. The van der Waals surface area contributed by atoms with Gasteiger partial charge in [0.25, 0.3) is 5.91 Å². The number of carbonyl (C=O) groups is 1. The molecule has 1 saturated heterocycles. The minimum Gasteiger partial charge on any atom is -0.490 e. The van der Waals surface area contributed by atoms with Gasteiger partial charge in [-0.2, -0.15) is 0 Å². The van der Waals surface area contributed by atoms with E-state index in [-0.39, 0.29) is 41.4 Å². The van der Waals surface area contributed by atoms with E-state index in [2.05, 4.69) is 26.7 Å². The van der Waals surface area contributed by atoms with Crippen LogP contribution in [0.1, 0.15) is 67.4 Å². The molecular weight excluding hydrogens is 678 g/mol. The van der Waals surface area contributed by atoms with E-state index in [0.29, 0.717) is 63.2 Å². The third-order valence-electron chi connectivity index (χ3n) is 12.3. The largest absolute Gasteiger partial charge is 0.490 e. The van der Waals surface area contributed by atoms with Gasteiger partial charge in [-0.1, -0.05) is 36.7 Å². The van der Waals surface area contributed by atoms with Gasteiger partial charge in [-0.15, -0.1) is 0 Å². The van der Waals surface area contributed by atoms with Crippen LogP contribution in [0.5, 0.6) is 5.75 Å². The van der Waals surface area contributed by atoms with Crippen molar-refractivity contribution in [3.63, 3.8) is 0 Å². The van der Waals surface area contributed by atoms with E-state index in [4.69, 9.17) is 21.1 Å². The van der Waals surface area contributed by atoms with E-state index >= 15 is 0 Å². The number of benzene rings is 2. The van der Waals surface area contributed by atoms with Gasteiger partial charge in [0.1, 0.15) is 5.75 Å². The third kappa shape index (κ3) is 6.81. The summed E-state index contributed by atoms with van der Waals surface area (Å²) < 4.78 is 41.6. The molecule has 7 atom stereocenters. The summed E-state index contributed by atoms with van der Waals surface area (Å²) in [5, 5.41) is 22.7. The first-order valence-corrected chi connectivity index (χ1v) is 20.0. The minimum atomic E-state index is -4.01. The van der Waals surface area contributed by atoms with Gasteiger partial charge in [-0.3, -0.25) is 9.69 Å². The molecule has 2 aliphatic carbocycles. The summed E-state index contributed by atoms with van der Waals surface area (Å²) in [6, 6.07) is 11.1. The Morgan fingerprint density at radius 3 is 2.76 bits per heavy atom. The van der Waals surface area contributed by atoms with E-state index in [1.165, 1.54) is 11.1 Å². The van der Waals surface area contributed by atoms with Crippen LogP contribution in [-0.4, -0.2) is 98.9 Å². The number of sulfonamides is 1. The molecule has 2 aromatic carbocycles. The van der Waals surface area contributed by atoms with Gasteiger partial charge in [0.05, 0.1) is 49.0 Å². The minimum absolute atomic E-state index is 0.0618. The number of nitrogens with zero attached hydrogens (tertiary/aromatic N) is 2. The van der Waals surface area contributed by atoms with E-state index in [1.54, 1.807) is 25.1 Å². The summed E-state index contributed by atoms with van der Waals surface area (Å²) in [6.07, 6.45) is 8.84. The first kappa shape index (κ1) is 35.7. The number of halogens is 1.